The SMILES string of the molecule is O=C(O)c1cn2c3c(nc2s1)CCCC3. The summed E-state index contributed by atoms with van der Waals surface area (Å²) in [5.74, 6) is -0.866. The Balaban J connectivity index is 2.21. The van der Waals surface area contributed by atoms with Gasteiger partial charge in [0, 0.05) is 11.9 Å². The average molecular weight is 222 g/mol. The fourth-order valence-electron chi connectivity index (χ4n) is 2.08. The second-order valence-corrected chi connectivity index (χ2v) is 4.77. The van der Waals surface area contributed by atoms with E-state index in [-0.39, 0.29) is 0 Å². The number of fused-ring (bicyclic) bond motifs is 3. The summed E-state index contributed by atoms with van der Waals surface area (Å²) < 4.78 is 1.95. The molecule has 3 rings (SSSR count). The monoisotopic (exact) mass is 222 g/mol. The van der Waals surface area contributed by atoms with Crippen LogP contribution in [-0.2, 0) is 12.8 Å². The third-order valence-electron chi connectivity index (χ3n) is 2.80. The van der Waals surface area contributed by atoms with Crippen LogP contribution in [0.15, 0.2) is 6.20 Å². The highest BCUT2D eigenvalue weighted by molar-refractivity contribution is 7.18. The number of aryl methyl sites for hydroxylation is 2. The van der Waals surface area contributed by atoms with Crippen molar-refractivity contribution in [3.63, 3.8) is 0 Å². The number of hydrogen-bond donors (Lipinski definition) is 1. The van der Waals surface area contributed by atoms with Gasteiger partial charge in [0.15, 0.2) is 4.96 Å². The first-order valence-corrected chi connectivity index (χ1v) is 5.80. The maximum Gasteiger partial charge on any atom is 0.347 e. The standard InChI is InChI=1S/C10H10N2O2S/c13-9(14)8-5-12-7-4-2-1-3-6(7)11-10(12)15-8/h5H,1-4H2,(H,13,14). The Hall–Kier alpha value is -1.36. The van der Waals surface area contributed by atoms with E-state index in [0.717, 1.165) is 23.5 Å². The molecular weight excluding hydrogens is 212 g/mol. The van der Waals surface area contributed by atoms with E-state index in [9.17, 15) is 4.79 Å². The molecule has 0 saturated carbocycles. The minimum absolute atomic E-state index is 0.367. The molecule has 1 aliphatic rings. The first-order chi connectivity index (χ1) is 7.25. The van der Waals surface area contributed by atoms with Crippen LogP contribution in [0, 0.1) is 0 Å². The Morgan fingerprint density at radius 3 is 3.07 bits per heavy atom. The molecule has 4 nitrogen and oxygen atoms in total. The molecule has 1 aliphatic carbocycles. The summed E-state index contributed by atoms with van der Waals surface area (Å²) in [7, 11) is 0. The Kier molecular flexibility index (Phi) is 1.82. The van der Waals surface area contributed by atoms with Gasteiger partial charge in [-0.1, -0.05) is 11.3 Å². The number of carboxylic acid groups (broad SMARTS) is 1. The molecule has 0 atom stereocenters. The molecule has 0 radical (unpaired) electrons. The molecule has 2 aromatic heterocycles. The molecule has 0 fully saturated rings. The number of nitrogens with zero attached hydrogens (tertiary/aromatic N) is 2. The van der Waals surface area contributed by atoms with Gasteiger partial charge in [0.25, 0.3) is 0 Å². The summed E-state index contributed by atoms with van der Waals surface area (Å²) in [6.45, 7) is 0. The Morgan fingerprint density at radius 1 is 1.47 bits per heavy atom. The molecule has 2 aromatic rings. The van der Waals surface area contributed by atoms with Crippen LogP contribution in [0.2, 0.25) is 0 Å². The molecule has 0 unspecified atom stereocenters. The van der Waals surface area contributed by atoms with Gasteiger partial charge >= 0.3 is 5.97 Å². The topological polar surface area (TPSA) is 54.6 Å². The van der Waals surface area contributed by atoms with Crippen LogP contribution in [0.4, 0.5) is 0 Å². The summed E-state index contributed by atoms with van der Waals surface area (Å²) in [4.78, 5) is 16.5. The third kappa shape index (κ3) is 1.26. The normalized spacial score (nSPS) is 15.5. The number of rotatable bonds is 1. The van der Waals surface area contributed by atoms with E-state index in [1.54, 1.807) is 6.20 Å². The van der Waals surface area contributed by atoms with Crippen LogP contribution in [-0.4, -0.2) is 20.5 Å². The van der Waals surface area contributed by atoms with Gasteiger partial charge in [-0.05, 0) is 25.7 Å². The zero-order valence-electron chi connectivity index (χ0n) is 8.06. The minimum atomic E-state index is -0.866. The molecule has 0 aliphatic heterocycles. The Morgan fingerprint density at radius 2 is 2.27 bits per heavy atom. The van der Waals surface area contributed by atoms with Crippen molar-refractivity contribution < 1.29 is 9.90 Å². The fourth-order valence-corrected chi connectivity index (χ4v) is 2.94. The molecule has 78 valence electrons. The smallest absolute Gasteiger partial charge is 0.347 e. The molecule has 0 saturated heterocycles. The molecule has 2 heterocycles. The summed E-state index contributed by atoms with van der Waals surface area (Å²) in [6.07, 6.45) is 6.13. The number of carboxylic acids is 1. The van der Waals surface area contributed by atoms with Gasteiger partial charge in [-0.15, -0.1) is 0 Å². The second-order valence-electron chi connectivity index (χ2n) is 3.77. The first-order valence-electron chi connectivity index (χ1n) is 4.98. The quantitative estimate of drug-likeness (QED) is 0.802. The van der Waals surface area contributed by atoms with Crippen LogP contribution >= 0.6 is 11.3 Å². The van der Waals surface area contributed by atoms with Crippen molar-refractivity contribution in [1.29, 1.82) is 0 Å². The number of carbonyl (C=O) groups is 1. The van der Waals surface area contributed by atoms with E-state index in [1.165, 1.54) is 29.9 Å². The van der Waals surface area contributed by atoms with Crippen molar-refractivity contribution in [3.05, 3.63) is 22.5 Å². The zero-order chi connectivity index (χ0) is 10.4. The molecule has 0 aromatic carbocycles. The molecule has 5 heteroatoms. The predicted octanol–water partition coefficient (Wildman–Crippen LogP) is 1.97. The summed E-state index contributed by atoms with van der Waals surface area (Å²) in [6, 6.07) is 0. The van der Waals surface area contributed by atoms with Crippen LogP contribution < -0.4 is 0 Å². The molecule has 0 spiro atoms. The predicted molar refractivity (Wildman–Crippen MR) is 56.7 cm³/mol. The lowest BCUT2D eigenvalue weighted by Gasteiger charge is -2.09. The third-order valence-corrected chi connectivity index (χ3v) is 3.77. The lowest BCUT2D eigenvalue weighted by atomic mass is 10.0. The molecule has 15 heavy (non-hydrogen) atoms. The van der Waals surface area contributed by atoms with Crippen molar-refractivity contribution in [3.8, 4) is 0 Å². The number of thiazole rings is 1. The first kappa shape index (κ1) is 8.91. The van der Waals surface area contributed by atoms with Crippen molar-refractivity contribution in [2.45, 2.75) is 25.7 Å². The van der Waals surface area contributed by atoms with E-state index >= 15 is 0 Å². The Bertz CT molecular complexity index is 541. The van der Waals surface area contributed by atoms with Gasteiger partial charge in [0.1, 0.15) is 4.88 Å². The molecule has 0 amide bonds. The van der Waals surface area contributed by atoms with Gasteiger partial charge < -0.3 is 5.11 Å². The maximum atomic E-state index is 10.8. The maximum absolute atomic E-state index is 10.8. The summed E-state index contributed by atoms with van der Waals surface area (Å²) >= 11 is 1.25. The van der Waals surface area contributed by atoms with Crippen molar-refractivity contribution in [2.24, 2.45) is 0 Å². The Labute approximate surface area is 90.2 Å². The average Bonchev–Trinajstić information content (AvgIpc) is 2.73. The highest BCUT2D eigenvalue weighted by Gasteiger charge is 2.19. The summed E-state index contributed by atoms with van der Waals surface area (Å²) in [5.41, 5.74) is 2.37. The van der Waals surface area contributed by atoms with E-state index in [2.05, 4.69) is 4.98 Å². The van der Waals surface area contributed by atoms with Gasteiger partial charge in [-0.3, -0.25) is 4.40 Å². The van der Waals surface area contributed by atoms with Gasteiger partial charge in [0.2, 0.25) is 0 Å². The van der Waals surface area contributed by atoms with E-state index in [0.29, 0.717) is 4.88 Å². The lowest BCUT2D eigenvalue weighted by molar-refractivity contribution is 0.0702. The van der Waals surface area contributed by atoms with Gasteiger partial charge in [-0.2, -0.15) is 0 Å². The van der Waals surface area contributed by atoms with Crippen LogP contribution in [0.5, 0.6) is 0 Å². The highest BCUT2D eigenvalue weighted by atomic mass is 32.1. The number of aromatic nitrogens is 2. The second kappa shape index (κ2) is 3.06. The zero-order valence-corrected chi connectivity index (χ0v) is 8.88. The molecular formula is C10H10N2O2S. The minimum Gasteiger partial charge on any atom is -0.477 e. The number of imidazole rings is 1. The molecule has 1 N–H and O–H groups in total. The highest BCUT2D eigenvalue weighted by Crippen LogP contribution is 2.26. The number of aromatic carboxylic acids is 1. The molecule has 0 bridgehead atoms. The van der Waals surface area contributed by atoms with Crippen molar-refractivity contribution in [2.75, 3.05) is 0 Å². The van der Waals surface area contributed by atoms with Crippen molar-refractivity contribution in [1.82, 2.24) is 9.38 Å². The largest absolute Gasteiger partial charge is 0.477 e. The van der Waals surface area contributed by atoms with E-state index in [1.807, 2.05) is 4.40 Å². The van der Waals surface area contributed by atoms with E-state index < -0.39 is 5.97 Å². The van der Waals surface area contributed by atoms with Crippen LogP contribution in [0.1, 0.15) is 33.9 Å². The van der Waals surface area contributed by atoms with Crippen LogP contribution in [0.3, 0.4) is 0 Å². The van der Waals surface area contributed by atoms with Gasteiger partial charge in [-0.25, -0.2) is 9.78 Å². The van der Waals surface area contributed by atoms with Gasteiger partial charge in [0.05, 0.1) is 5.69 Å². The lowest BCUT2D eigenvalue weighted by Crippen LogP contribution is -2.03. The summed E-state index contributed by atoms with van der Waals surface area (Å²) in [5, 5.41) is 8.88. The fraction of sp³-hybridized carbons (Fsp3) is 0.400. The van der Waals surface area contributed by atoms with E-state index in [4.69, 9.17) is 5.11 Å². The van der Waals surface area contributed by atoms with Crippen molar-refractivity contribution >= 4 is 22.3 Å². The number of hydrogen-bond acceptors (Lipinski definition) is 3. The van der Waals surface area contributed by atoms with Crippen LogP contribution in [0.25, 0.3) is 4.96 Å².